The van der Waals surface area contributed by atoms with Gasteiger partial charge >= 0.3 is 0 Å². The number of fused-ring (bicyclic) bond motifs is 1. The van der Waals surface area contributed by atoms with E-state index in [2.05, 4.69) is 28.7 Å². The highest BCUT2D eigenvalue weighted by molar-refractivity contribution is 5.75. The molecule has 0 radical (unpaired) electrons. The molecule has 1 heterocycles. The molecule has 1 N–H and O–H groups in total. The van der Waals surface area contributed by atoms with Crippen LogP contribution < -0.4 is 0 Å². The van der Waals surface area contributed by atoms with Crippen molar-refractivity contribution in [3.63, 3.8) is 0 Å². The Morgan fingerprint density at radius 3 is 2.29 bits per heavy atom. The van der Waals surface area contributed by atoms with Crippen molar-refractivity contribution in [3.05, 3.63) is 29.6 Å². The third kappa shape index (κ3) is 4.24. The molecule has 2 aromatic rings. The summed E-state index contributed by atoms with van der Waals surface area (Å²) in [6.45, 7) is 7.08. The number of rotatable bonds is 8. The second kappa shape index (κ2) is 7.50. The molecule has 0 aliphatic rings. The van der Waals surface area contributed by atoms with Gasteiger partial charge in [-0.2, -0.15) is 0 Å². The van der Waals surface area contributed by atoms with Crippen molar-refractivity contribution in [1.29, 1.82) is 0 Å². The molecule has 0 aliphatic heterocycles. The van der Waals surface area contributed by atoms with E-state index in [0.717, 1.165) is 50.7 Å². The van der Waals surface area contributed by atoms with Crippen molar-refractivity contribution in [2.45, 2.75) is 46.1 Å². The Labute approximate surface area is 124 Å². The molecule has 0 unspecified atom stereocenters. The summed E-state index contributed by atoms with van der Waals surface area (Å²) in [6, 6.07) is 2.32. The van der Waals surface area contributed by atoms with Crippen LogP contribution in [-0.2, 0) is 6.54 Å². The topological polar surface area (TPSA) is 31.9 Å². The zero-order valence-electron chi connectivity index (χ0n) is 12.8. The summed E-state index contributed by atoms with van der Waals surface area (Å²) < 4.78 is 26.4. The third-order valence-corrected chi connectivity index (χ3v) is 3.60. The van der Waals surface area contributed by atoms with Crippen LogP contribution in [0.3, 0.4) is 0 Å². The Bertz CT molecular complexity index is 533. The van der Waals surface area contributed by atoms with Gasteiger partial charge in [0.15, 0.2) is 11.6 Å². The Balaban J connectivity index is 2.11. The van der Waals surface area contributed by atoms with Gasteiger partial charge in [-0.1, -0.05) is 26.7 Å². The van der Waals surface area contributed by atoms with E-state index in [1.165, 1.54) is 6.07 Å². The van der Waals surface area contributed by atoms with Gasteiger partial charge in [0.1, 0.15) is 5.82 Å². The summed E-state index contributed by atoms with van der Waals surface area (Å²) in [4.78, 5) is 9.80. The molecule has 3 nitrogen and oxygen atoms in total. The van der Waals surface area contributed by atoms with Crippen molar-refractivity contribution in [2.75, 3.05) is 13.1 Å². The van der Waals surface area contributed by atoms with Crippen molar-refractivity contribution >= 4 is 11.0 Å². The van der Waals surface area contributed by atoms with E-state index < -0.39 is 11.6 Å². The van der Waals surface area contributed by atoms with Gasteiger partial charge in [0.05, 0.1) is 17.6 Å². The van der Waals surface area contributed by atoms with Crippen LogP contribution in [-0.4, -0.2) is 28.0 Å². The smallest absolute Gasteiger partial charge is 0.161 e. The van der Waals surface area contributed by atoms with Crippen LogP contribution in [0.25, 0.3) is 11.0 Å². The molecule has 0 spiro atoms. The number of nitrogens with zero attached hydrogens (tertiary/aromatic N) is 2. The third-order valence-electron chi connectivity index (χ3n) is 3.60. The van der Waals surface area contributed by atoms with Crippen LogP contribution in [0.1, 0.15) is 45.4 Å². The van der Waals surface area contributed by atoms with Crippen molar-refractivity contribution < 1.29 is 8.78 Å². The summed E-state index contributed by atoms with van der Waals surface area (Å²) in [5.41, 5.74) is 1.03. The van der Waals surface area contributed by atoms with Gasteiger partial charge in [0, 0.05) is 12.1 Å². The Morgan fingerprint density at radius 1 is 1.05 bits per heavy atom. The maximum Gasteiger partial charge on any atom is 0.161 e. The van der Waals surface area contributed by atoms with Crippen molar-refractivity contribution in [3.8, 4) is 0 Å². The van der Waals surface area contributed by atoms with E-state index in [1.807, 2.05) is 0 Å². The monoisotopic (exact) mass is 295 g/mol. The van der Waals surface area contributed by atoms with Gasteiger partial charge in [-0.15, -0.1) is 0 Å². The molecule has 5 heteroatoms. The highest BCUT2D eigenvalue weighted by atomic mass is 19.2. The van der Waals surface area contributed by atoms with Gasteiger partial charge in [-0.3, -0.25) is 4.90 Å². The average molecular weight is 295 g/mol. The standard InChI is InChI=1S/C16H23F2N3/c1-3-5-7-21(8-6-4-2)11-16-19-14-9-12(17)13(18)10-15(14)20-16/h9-10H,3-8,11H2,1-2H3,(H,19,20). The maximum atomic E-state index is 13.2. The highest BCUT2D eigenvalue weighted by Gasteiger charge is 2.11. The van der Waals surface area contributed by atoms with Gasteiger partial charge < -0.3 is 4.98 Å². The average Bonchev–Trinajstić information content (AvgIpc) is 2.83. The number of imidazole rings is 1. The number of aromatic amines is 1. The van der Waals surface area contributed by atoms with E-state index in [4.69, 9.17) is 0 Å². The van der Waals surface area contributed by atoms with Gasteiger partial charge in [-0.25, -0.2) is 13.8 Å². The molecule has 0 amide bonds. The van der Waals surface area contributed by atoms with Crippen LogP contribution in [0.2, 0.25) is 0 Å². The lowest BCUT2D eigenvalue weighted by Gasteiger charge is -2.20. The molecule has 21 heavy (non-hydrogen) atoms. The van der Waals surface area contributed by atoms with E-state index in [9.17, 15) is 8.78 Å². The SMILES string of the molecule is CCCCN(CCCC)Cc1nc2cc(F)c(F)cc2[nH]1. The van der Waals surface area contributed by atoms with Crippen molar-refractivity contribution in [2.24, 2.45) is 0 Å². The number of hydrogen-bond acceptors (Lipinski definition) is 2. The van der Waals surface area contributed by atoms with Crippen LogP contribution in [0, 0.1) is 11.6 Å². The van der Waals surface area contributed by atoms with Crippen LogP contribution >= 0.6 is 0 Å². The van der Waals surface area contributed by atoms with E-state index in [0.29, 0.717) is 17.6 Å². The molecule has 2 rings (SSSR count). The summed E-state index contributed by atoms with van der Waals surface area (Å²) in [7, 11) is 0. The van der Waals surface area contributed by atoms with Gasteiger partial charge in [0.2, 0.25) is 0 Å². The number of nitrogens with one attached hydrogen (secondary N) is 1. The lowest BCUT2D eigenvalue weighted by Crippen LogP contribution is -2.26. The second-order valence-corrected chi connectivity index (χ2v) is 5.45. The largest absolute Gasteiger partial charge is 0.341 e. The molecular weight excluding hydrogens is 272 g/mol. The minimum atomic E-state index is -0.852. The molecule has 0 saturated carbocycles. The fourth-order valence-corrected chi connectivity index (χ4v) is 2.38. The van der Waals surface area contributed by atoms with E-state index in [1.54, 1.807) is 0 Å². The van der Waals surface area contributed by atoms with Gasteiger partial charge in [-0.05, 0) is 25.9 Å². The first kappa shape index (κ1) is 15.9. The summed E-state index contributed by atoms with van der Waals surface area (Å²) in [5, 5.41) is 0. The predicted molar refractivity (Wildman–Crippen MR) is 81.1 cm³/mol. The number of unbranched alkanes of at least 4 members (excludes halogenated alkanes) is 2. The highest BCUT2D eigenvalue weighted by Crippen LogP contribution is 2.17. The van der Waals surface area contributed by atoms with E-state index >= 15 is 0 Å². The number of halogens is 2. The Morgan fingerprint density at radius 2 is 1.67 bits per heavy atom. The quantitative estimate of drug-likeness (QED) is 0.789. The fraction of sp³-hybridized carbons (Fsp3) is 0.562. The molecule has 0 aliphatic carbocycles. The first-order valence-corrected chi connectivity index (χ1v) is 7.70. The summed E-state index contributed by atoms with van der Waals surface area (Å²) >= 11 is 0. The lowest BCUT2D eigenvalue weighted by atomic mass is 10.2. The normalized spacial score (nSPS) is 11.7. The number of hydrogen-bond donors (Lipinski definition) is 1. The van der Waals surface area contributed by atoms with Crippen LogP contribution in [0.15, 0.2) is 12.1 Å². The molecule has 0 fully saturated rings. The molecule has 0 atom stereocenters. The zero-order chi connectivity index (χ0) is 15.2. The first-order chi connectivity index (χ1) is 10.1. The van der Waals surface area contributed by atoms with Gasteiger partial charge in [0.25, 0.3) is 0 Å². The fourth-order valence-electron chi connectivity index (χ4n) is 2.38. The molecular formula is C16H23F2N3. The number of H-pyrrole nitrogens is 1. The molecule has 116 valence electrons. The first-order valence-electron chi connectivity index (χ1n) is 7.70. The molecule has 0 saturated heterocycles. The van der Waals surface area contributed by atoms with Crippen LogP contribution in [0.4, 0.5) is 8.78 Å². The Hall–Kier alpha value is -1.49. The molecule has 1 aromatic carbocycles. The zero-order valence-corrected chi connectivity index (χ0v) is 12.8. The molecule has 0 bridgehead atoms. The number of benzene rings is 1. The van der Waals surface area contributed by atoms with Crippen molar-refractivity contribution in [1.82, 2.24) is 14.9 Å². The predicted octanol–water partition coefficient (Wildman–Crippen LogP) is 4.24. The minimum Gasteiger partial charge on any atom is -0.341 e. The Kier molecular flexibility index (Phi) is 5.67. The van der Waals surface area contributed by atoms with Crippen LogP contribution in [0.5, 0.6) is 0 Å². The number of aromatic nitrogens is 2. The van der Waals surface area contributed by atoms with E-state index in [-0.39, 0.29) is 0 Å². The summed E-state index contributed by atoms with van der Waals surface area (Å²) in [6.07, 6.45) is 4.60. The molecule has 1 aromatic heterocycles. The second-order valence-electron chi connectivity index (χ2n) is 5.45. The summed E-state index contributed by atoms with van der Waals surface area (Å²) in [5.74, 6) is -0.928. The maximum absolute atomic E-state index is 13.2. The lowest BCUT2D eigenvalue weighted by molar-refractivity contribution is 0.252. The minimum absolute atomic E-state index is 0.481.